The Morgan fingerprint density at radius 3 is 2.27 bits per heavy atom. The smallest absolute Gasteiger partial charge is 0.228 e. The highest BCUT2D eigenvalue weighted by atomic mass is 19.1. The van der Waals surface area contributed by atoms with Gasteiger partial charge in [0.15, 0.2) is 5.78 Å². The Labute approximate surface area is 174 Å². The second-order valence-electron chi connectivity index (χ2n) is 7.77. The van der Waals surface area contributed by atoms with Gasteiger partial charge in [-0.05, 0) is 43.3 Å². The van der Waals surface area contributed by atoms with E-state index in [-0.39, 0.29) is 36.3 Å². The van der Waals surface area contributed by atoms with E-state index in [1.807, 2.05) is 24.3 Å². The maximum absolute atomic E-state index is 14.1. The van der Waals surface area contributed by atoms with Gasteiger partial charge in [-0.2, -0.15) is 0 Å². The molecule has 4 rings (SSSR count). The molecule has 7 heteroatoms. The lowest BCUT2D eigenvalue weighted by atomic mass is 10.1. The first-order valence-electron chi connectivity index (χ1n) is 10.1. The Morgan fingerprint density at radius 1 is 0.967 bits per heavy atom. The van der Waals surface area contributed by atoms with Gasteiger partial charge in [0.2, 0.25) is 11.8 Å². The van der Waals surface area contributed by atoms with Gasteiger partial charge < -0.3 is 14.7 Å². The molecule has 1 atom stereocenters. The molecule has 0 spiro atoms. The largest absolute Gasteiger partial charge is 0.368 e. The first kappa shape index (κ1) is 20.1. The molecular weight excluding hydrogens is 385 g/mol. The second-order valence-corrected chi connectivity index (χ2v) is 7.77. The fourth-order valence-electron chi connectivity index (χ4n) is 4.13. The van der Waals surface area contributed by atoms with Crippen molar-refractivity contribution >= 4 is 29.0 Å². The Morgan fingerprint density at radius 2 is 1.63 bits per heavy atom. The van der Waals surface area contributed by atoms with Crippen molar-refractivity contribution in [1.29, 1.82) is 0 Å². The number of ketones is 1. The van der Waals surface area contributed by atoms with Crippen LogP contribution in [0.4, 0.5) is 15.8 Å². The third-order valence-corrected chi connectivity index (χ3v) is 5.85. The van der Waals surface area contributed by atoms with Crippen LogP contribution in [0.25, 0.3) is 0 Å². The van der Waals surface area contributed by atoms with E-state index in [1.165, 1.54) is 11.0 Å². The summed E-state index contributed by atoms with van der Waals surface area (Å²) in [6, 6.07) is 13.6. The van der Waals surface area contributed by atoms with E-state index in [9.17, 15) is 18.8 Å². The van der Waals surface area contributed by atoms with Crippen LogP contribution in [0, 0.1) is 11.7 Å². The number of piperazine rings is 1. The molecule has 2 heterocycles. The number of Topliss-reactive ketones (excluding diaryl/α,β-unsaturated/α-hetero) is 1. The first-order chi connectivity index (χ1) is 14.4. The number of nitrogens with zero attached hydrogens (tertiary/aromatic N) is 3. The van der Waals surface area contributed by atoms with Crippen LogP contribution in [0.3, 0.4) is 0 Å². The monoisotopic (exact) mass is 409 g/mol. The minimum atomic E-state index is -0.455. The zero-order chi connectivity index (χ0) is 21.3. The summed E-state index contributed by atoms with van der Waals surface area (Å²) in [6.45, 7) is 4.26. The quantitative estimate of drug-likeness (QED) is 0.729. The molecule has 2 aromatic rings. The number of benzene rings is 2. The molecule has 2 amide bonds. The molecule has 1 unspecified atom stereocenters. The second kappa shape index (κ2) is 8.26. The molecule has 6 nitrogen and oxygen atoms in total. The van der Waals surface area contributed by atoms with Gasteiger partial charge in [-0.15, -0.1) is 0 Å². The molecule has 0 N–H and O–H groups in total. The molecule has 0 saturated carbocycles. The Bertz CT molecular complexity index is 968. The number of halogens is 1. The van der Waals surface area contributed by atoms with Gasteiger partial charge in [0.25, 0.3) is 0 Å². The van der Waals surface area contributed by atoms with Crippen LogP contribution < -0.4 is 9.80 Å². The molecule has 2 fully saturated rings. The van der Waals surface area contributed by atoms with Crippen LogP contribution in [0.5, 0.6) is 0 Å². The van der Waals surface area contributed by atoms with E-state index in [4.69, 9.17) is 0 Å². The summed E-state index contributed by atoms with van der Waals surface area (Å²) in [5.41, 5.74) is 1.93. The Kier molecular flexibility index (Phi) is 5.53. The summed E-state index contributed by atoms with van der Waals surface area (Å²) in [5, 5.41) is 0. The molecule has 2 saturated heterocycles. The summed E-state index contributed by atoms with van der Waals surface area (Å²) in [6.07, 6.45) is 0.111. The van der Waals surface area contributed by atoms with Crippen LogP contribution >= 0.6 is 0 Å². The van der Waals surface area contributed by atoms with Gasteiger partial charge in [-0.3, -0.25) is 14.4 Å². The molecule has 2 aliphatic rings. The van der Waals surface area contributed by atoms with E-state index in [1.54, 1.807) is 30.0 Å². The van der Waals surface area contributed by atoms with Crippen LogP contribution in [-0.4, -0.2) is 55.2 Å². The van der Waals surface area contributed by atoms with Crippen LogP contribution in [0.1, 0.15) is 23.7 Å². The maximum Gasteiger partial charge on any atom is 0.228 e. The SMILES string of the molecule is CC(=O)c1ccc(N2CCN(C(=O)C3CC(=O)N(c4ccccc4F)C3)CC2)cc1. The van der Waals surface area contributed by atoms with Crippen molar-refractivity contribution in [1.82, 2.24) is 4.90 Å². The summed E-state index contributed by atoms with van der Waals surface area (Å²) < 4.78 is 14.1. The van der Waals surface area contributed by atoms with Crippen LogP contribution in [-0.2, 0) is 9.59 Å². The van der Waals surface area contributed by atoms with E-state index >= 15 is 0 Å². The van der Waals surface area contributed by atoms with E-state index in [0.29, 0.717) is 31.7 Å². The number of anilines is 2. The number of carbonyl (C=O) groups is 3. The molecule has 0 radical (unpaired) electrons. The third-order valence-electron chi connectivity index (χ3n) is 5.85. The van der Waals surface area contributed by atoms with E-state index < -0.39 is 11.7 Å². The van der Waals surface area contributed by atoms with Crippen LogP contribution in [0.2, 0.25) is 0 Å². The first-order valence-corrected chi connectivity index (χ1v) is 10.1. The predicted molar refractivity (Wildman–Crippen MR) is 112 cm³/mol. The Hall–Kier alpha value is -3.22. The van der Waals surface area contributed by atoms with Crippen molar-refractivity contribution in [3.05, 3.63) is 59.9 Å². The number of amides is 2. The molecule has 30 heavy (non-hydrogen) atoms. The van der Waals surface area contributed by atoms with Crippen molar-refractivity contribution < 1.29 is 18.8 Å². The van der Waals surface area contributed by atoms with Crippen molar-refractivity contribution in [2.75, 3.05) is 42.5 Å². The number of carbonyl (C=O) groups excluding carboxylic acids is 3. The molecular formula is C23H24FN3O3. The average molecular weight is 409 g/mol. The predicted octanol–water partition coefficient (Wildman–Crippen LogP) is 2.73. The average Bonchev–Trinajstić information content (AvgIpc) is 3.15. The summed E-state index contributed by atoms with van der Waals surface area (Å²) in [5.74, 6) is -1.13. The van der Waals surface area contributed by atoms with Gasteiger partial charge in [-0.25, -0.2) is 4.39 Å². The summed E-state index contributed by atoms with van der Waals surface area (Å²) in [7, 11) is 0. The molecule has 0 bridgehead atoms. The standard InChI is InChI=1S/C23H24FN3O3/c1-16(28)17-6-8-19(9-7-17)25-10-12-26(13-11-25)23(30)18-14-22(29)27(15-18)21-5-3-2-4-20(21)24/h2-9,18H,10-15H2,1H3. The lowest BCUT2D eigenvalue weighted by Gasteiger charge is -2.37. The topological polar surface area (TPSA) is 60.9 Å². The zero-order valence-corrected chi connectivity index (χ0v) is 16.9. The highest BCUT2D eigenvalue weighted by Crippen LogP contribution is 2.29. The molecule has 2 aromatic carbocycles. The molecule has 156 valence electrons. The van der Waals surface area contributed by atoms with Gasteiger partial charge >= 0.3 is 0 Å². The number of para-hydroxylation sites is 1. The minimum absolute atomic E-state index is 0.0347. The number of hydrogen-bond donors (Lipinski definition) is 0. The number of rotatable bonds is 4. The fourth-order valence-corrected chi connectivity index (χ4v) is 4.13. The normalized spacial score (nSPS) is 19.3. The molecule has 0 aliphatic carbocycles. The fraction of sp³-hybridized carbons (Fsp3) is 0.348. The van der Waals surface area contributed by atoms with Gasteiger partial charge in [-0.1, -0.05) is 12.1 Å². The highest BCUT2D eigenvalue weighted by Gasteiger charge is 2.38. The lowest BCUT2D eigenvalue weighted by molar-refractivity contribution is -0.136. The highest BCUT2D eigenvalue weighted by molar-refractivity contribution is 6.00. The molecule has 0 aromatic heterocycles. The lowest BCUT2D eigenvalue weighted by Crippen LogP contribution is -2.50. The third kappa shape index (κ3) is 3.92. The van der Waals surface area contributed by atoms with Crippen molar-refractivity contribution in [2.45, 2.75) is 13.3 Å². The summed E-state index contributed by atoms with van der Waals surface area (Å²) >= 11 is 0. The van der Waals surface area contributed by atoms with Gasteiger partial charge in [0, 0.05) is 50.4 Å². The van der Waals surface area contributed by atoms with E-state index in [0.717, 1.165) is 5.69 Å². The van der Waals surface area contributed by atoms with Crippen molar-refractivity contribution in [3.8, 4) is 0 Å². The van der Waals surface area contributed by atoms with Crippen molar-refractivity contribution in [3.63, 3.8) is 0 Å². The zero-order valence-electron chi connectivity index (χ0n) is 16.9. The van der Waals surface area contributed by atoms with Gasteiger partial charge in [0.05, 0.1) is 11.6 Å². The summed E-state index contributed by atoms with van der Waals surface area (Å²) in [4.78, 5) is 42.1. The number of hydrogen-bond acceptors (Lipinski definition) is 4. The Balaban J connectivity index is 1.36. The van der Waals surface area contributed by atoms with E-state index in [2.05, 4.69) is 4.90 Å². The van der Waals surface area contributed by atoms with Crippen molar-refractivity contribution in [2.24, 2.45) is 5.92 Å². The molecule has 2 aliphatic heterocycles. The van der Waals surface area contributed by atoms with Gasteiger partial charge in [0.1, 0.15) is 5.82 Å². The van der Waals surface area contributed by atoms with Crippen LogP contribution in [0.15, 0.2) is 48.5 Å². The maximum atomic E-state index is 14.1. The minimum Gasteiger partial charge on any atom is -0.368 e.